The van der Waals surface area contributed by atoms with Crippen LogP contribution < -0.4 is 15.5 Å². The number of thioether (sulfide) groups is 1. The van der Waals surface area contributed by atoms with Crippen LogP contribution in [-0.2, 0) is 19.6 Å². The van der Waals surface area contributed by atoms with Gasteiger partial charge in [-0.3, -0.25) is 10.0 Å². The molecule has 206 valence electrons. The summed E-state index contributed by atoms with van der Waals surface area (Å²) < 4.78 is 37.7. The molecule has 0 bridgehead atoms. The fraction of sp³-hybridized carbons (Fsp3) is 0.600. The minimum atomic E-state index is -3.98. The number of amides is 2. The fourth-order valence-electron chi connectivity index (χ4n) is 3.67. The van der Waals surface area contributed by atoms with Gasteiger partial charge in [-0.2, -0.15) is 16.1 Å². The van der Waals surface area contributed by atoms with Crippen molar-refractivity contribution in [1.29, 1.82) is 0 Å². The molecule has 1 aromatic carbocycles. The second-order valence-corrected chi connectivity index (χ2v) is 13.6. The third-order valence-electron chi connectivity index (χ3n) is 5.35. The number of nitrogens with one attached hydrogen (secondary N) is 2. The van der Waals surface area contributed by atoms with E-state index in [1.807, 2.05) is 20.8 Å². The Bertz CT molecular complexity index is 1090. The van der Waals surface area contributed by atoms with Gasteiger partial charge in [-0.1, -0.05) is 11.8 Å². The highest BCUT2D eigenvalue weighted by molar-refractivity contribution is 8.00. The number of hydrogen-bond acceptors (Lipinski definition) is 8. The van der Waals surface area contributed by atoms with Gasteiger partial charge in [0.2, 0.25) is 10.0 Å². The van der Waals surface area contributed by atoms with Crippen LogP contribution in [0.5, 0.6) is 5.75 Å². The Morgan fingerprint density at radius 1 is 1.19 bits per heavy atom. The van der Waals surface area contributed by atoms with Crippen LogP contribution in [0.3, 0.4) is 0 Å². The van der Waals surface area contributed by atoms with E-state index in [4.69, 9.17) is 14.7 Å². The first-order chi connectivity index (χ1) is 17.3. The van der Waals surface area contributed by atoms with Crippen LogP contribution in [-0.4, -0.2) is 71.8 Å². The van der Waals surface area contributed by atoms with Crippen LogP contribution in [0.1, 0.15) is 53.9 Å². The van der Waals surface area contributed by atoms with Gasteiger partial charge >= 0.3 is 6.09 Å². The number of benzene rings is 1. The number of alkyl carbamates (subject to hydrolysis) is 1. The maximum Gasteiger partial charge on any atom is 0.407 e. The highest BCUT2D eigenvalue weighted by Gasteiger charge is 2.48. The highest BCUT2D eigenvalue weighted by atomic mass is 32.2. The van der Waals surface area contributed by atoms with Gasteiger partial charge in [0, 0.05) is 30.0 Å². The molecule has 1 saturated heterocycles. The fourth-order valence-corrected chi connectivity index (χ4v) is 6.77. The molecule has 12 heteroatoms. The van der Waals surface area contributed by atoms with Crippen molar-refractivity contribution in [1.82, 2.24) is 15.1 Å². The topological polar surface area (TPSA) is 134 Å². The molecule has 1 heterocycles. The smallest absolute Gasteiger partial charge is 0.407 e. The second-order valence-electron chi connectivity index (χ2n) is 9.95. The van der Waals surface area contributed by atoms with Crippen LogP contribution >= 0.6 is 11.8 Å². The molecular formula is C25H37N3O7S2. The third kappa shape index (κ3) is 9.41. The van der Waals surface area contributed by atoms with E-state index in [0.717, 1.165) is 17.1 Å². The molecule has 3 N–H and O–H groups in total. The molecule has 1 atom stereocenters. The van der Waals surface area contributed by atoms with Gasteiger partial charge in [-0.05, 0) is 71.7 Å². The van der Waals surface area contributed by atoms with E-state index in [1.54, 1.807) is 31.5 Å². The molecule has 10 nitrogen and oxygen atoms in total. The van der Waals surface area contributed by atoms with E-state index in [9.17, 15) is 18.0 Å². The molecule has 0 radical (unpaired) electrons. The normalized spacial score (nSPS) is 17.7. The van der Waals surface area contributed by atoms with Gasteiger partial charge in [-0.25, -0.2) is 18.7 Å². The molecule has 0 aliphatic carbocycles. The van der Waals surface area contributed by atoms with E-state index in [0.29, 0.717) is 24.5 Å². The van der Waals surface area contributed by atoms with Crippen molar-refractivity contribution in [3.05, 3.63) is 24.3 Å². The van der Waals surface area contributed by atoms with Gasteiger partial charge < -0.3 is 14.8 Å². The summed E-state index contributed by atoms with van der Waals surface area (Å²) >= 11 is 1.48. The van der Waals surface area contributed by atoms with Gasteiger partial charge in [0.25, 0.3) is 5.91 Å². The highest BCUT2D eigenvalue weighted by Crippen LogP contribution is 2.38. The van der Waals surface area contributed by atoms with E-state index >= 15 is 0 Å². The van der Waals surface area contributed by atoms with Crippen LogP contribution in [0.25, 0.3) is 0 Å². The third-order valence-corrected chi connectivity index (χ3v) is 8.59. The largest absolute Gasteiger partial charge is 0.481 e. The van der Waals surface area contributed by atoms with E-state index in [2.05, 4.69) is 17.2 Å². The molecule has 2 rings (SSSR count). The van der Waals surface area contributed by atoms with Crippen LogP contribution in [0.2, 0.25) is 0 Å². The maximum atomic E-state index is 13.3. The standard InChI is InChI=1S/C25H37N3O7S2/c1-24(2,3)35-23(30)26-15-9-7-6-8-10-17-34-19-11-13-20(14-12-19)37(32,33)28-16-18-36-25(4,5)21(28)22(29)27-31/h11-14,21,31H,6-7,9,15-18H2,1-5H3,(H,26,30)(H,27,29)/t21-/m0/s1. The lowest BCUT2D eigenvalue weighted by molar-refractivity contribution is -0.134. The summed E-state index contributed by atoms with van der Waals surface area (Å²) in [6, 6.07) is 4.89. The van der Waals surface area contributed by atoms with E-state index in [1.165, 1.54) is 23.9 Å². The lowest BCUT2D eigenvalue weighted by Gasteiger charge is -2.43. The zero-order valence-electron chi connectivity index (χ0n) is 22.0. The van der Waals surface area contributed by atoms with Crippen molar-refractivity contribution >= 4 is 33.8 Å². The molecule has 0 aromatic heterocycles. The van der Waals surface area contributed by atoms with Crippen LogP contribution in [0.4, 0.5) is 4.79 Å². The molecule has 0 unspecified atom stereocenters. The number of unbranched alkanes of at least 4 members (excludes halogenated alkanes) is 2. The van der Waals surface area contributed by atoms with Crippen molar-refractivity contribution in [2.24, 2.45) is 0 Å². The quantitative estimate of drug-likeness (QED) is 0.183. The van der Waals surface area contributed by atoms with Gasteiger partial charge in [0.1, 0.15) is 24.0 Å². The zero-order valence-corrected chi connectivity index (χ0v) is 23.6. The molecule has 2 amide bonds. The summed E-state index contributed by atoms with van der Waals surface area (Å²) in [6.07, 6.45) is 1.82. The Morgan fingerprint density at radius 3 is 2.49 bits per heavy atom. The Kier molecular flexibility index (Phi) is 11.1. The number of hydroxylamine groups is 1. The lowest BCUT2D eigenvalue weighted by atomic mass is 10.0. The average molecular weight is 556 g/mol. The maximum absolute atomic E-state index is 13.3. The summed E-state index contributed by atoms with van der Waals surface area (Å²) in [7, 11) is -3.98. The Hall–Kier alpha value is -2.46. The second kappa shape index (κ2) is 13.4. The number of carbonyl (C=O) groups excluding carboxylic acids is 2. The Balaban J connectivity index is 1.83. The minimum absolute atomic E-state index is 0.0318. The predicted molar refractivity (Wildman–Crippen MR) is 142 cm³/mol. The lowest BCUT2D eigenvalue weighted by Crippen LogP contribution is -2.61. The number of carbonyl (C=O) groups is 2. The molecule has 0 saturated carbocycles. The number of ether oxygens (including phenoxy) is 2. The predicted octanol–water partition coefficient (Wildman–Crippen LogP) is 3.15. The zero-order chi connectivity index (χ0) is 27.7. The Labute approximate surface area is 223 Å². The SMILES string of the molecule is CC(C)(C)OC(=O)NCCCCC#CCOc1ccc(S(=O)(=O)N2CCSC(C)(C)[C@@H]2C(=O)NO)cc1. The number of sulfonamides is 1. The number of hydrogen-bond donors (Lipinski definition) is 3. The number of nitrogens with zero attached hydrogens (tertiary/aromatic N) is 1. The molecule has 0 spiro atoms. The minimum Gasteiger partial charge on any atom is -0.481 e. The first kappa shape index (κ1) is 30.8. The van der Waals surface area contributed by atoms with E-state index < -0.39 is 38.4 Å². The van der Waals surface area contributed by atoms with Crippen molar-refractivity contribution < 1.29 is 32.7 Å². The van der Waals surface area contributed by atoms with E-state index in [-0.39, 0.29) is 18.0 Å². The molecule has 1 aliphatic heterocycles. The summed E-state index contributed by atoms with van der Waals surface area (Å²) in [6.45, 7) is 9.81. The molecule has 1 aromatic rings. The van der Waals surface area contributed by atoms with Crippen LogP contribution in [0, 0.1) is 11.8 Å². The van der Waals surface area contributed by atoms with Gasteiger partial charge in [0.05, 0.1) is 4.90 Å². The van der Waals surface area contributed by atoms with Gasteiger partial charge in [-0.15, -0.1) is 0 Å². The number of rotatable bonds is 9. The first-order valence-corrected chi connectivity index (χ1v) is 14.5. The molecular weight excluding hydrogens is 518 g/mol. The van der Waals surface area contributed by atoms with Crippen molar-refractivity contribution in [3.63, 3.8) is 0 Å². The monoisotopic (exact) mass is 555 g/mol. The average Bonchev–Trinajstić information content (AvgIpc) is 2.81. The van der Waals surface area contributed by atoms with Gasteiger partial charge in [0.15, 0.2) is 0 Å². The summed E-state index contributed by atoms with van der Waals surface area (Å²) in [5.74, 6) is 6.15. The molecule has 1 fully saturated rings. The molecule has 37 heavy (non-hydrogen) atoms. The van der Waals surface area contributed by atoms with Crippen molar-refractivity contribution in [2.45, 2.75) is 75.2 Å². The molecule has 1 aliphatic rings. The summed E-state index contributed by atoms with van der Waals surface area (Å²) in [5, 5.41) is 11.9. The van der Waals surface area contributed by atoms with Crippen molar-refractivity contribution in [2.75, 3.05) is 25.4 Å². The van der Waals surface area contributed by atoms with Crippen molar-refractivity contribution in [3.8, 4) is 17.6 Å². The first-order valence-electron chi connectivity index (χ1n) is 12.0. The van der Waals surface area contributed by atoms with Crippen LogP contribution in [0.15, 0.2) is 29.2 Å². The summed E-state index contributed by atoms with van der Waals surface area (Å²) in [5.41, 5.74) is 1.08. The Morgan fingerprint density at radius 2 is 1.86 bits per heavy atom. The summed E-state index contributed by atoms with van der Waals surface area (Å²) in [4.78, 5) is 23.9.